The number of carbonyl (C=O) groups is 2. The van der Waals surface area contributed by atoms with Gasteiger partial charge in [-0.1, -0.05) is 6.07 Å². The number of thiazole rings is 1. The Morgan fingerprint density at radius 2 is 2.32 bits per heavy atom. The number of rotatable bonds is 8. The van der Waals surface area contributed by atoms with Crippen molar-refractivity contribution in [3.63, 3.8) is 0 Å². The van der Waals surface area contributed by atoms with Crippen LogP contribution in [0, 0.1) is 0 Å². The van der Waals surface area contributed by atoms with Crippen molar-refractivity contribution in [1.29, 1.82) is 0 Å². The third kappa shape index (κ3) is 5.03. The fourth-order valence-electron chi connectivity index (χ4n) is 2.71. The molecule has 3 rings (SSSR count). The van der Waals surface area contributed by atoms with Gasteiger partial charge in [0, 0.05) is 37.0 Å². The number of hydrogen-bond acceptors (Lipinski definition) is 5. The van der Waals surface area contributed by atoms with Crippen LogP contribution >= 0.6 is 11.3 Å². The van der Waals surface area contributed by atoms with Crippen molar-refractivity contribution in [2.24, 2.45) is 0 Å². The Kier molecular flexibility index (Phi) is 6.00. The zero-order valence-electron chi connectivity index (χ0n) is 13.9. The molecular weight excluding hydrogens is 338 g/mol. The van der Waals surface area contributed by atoms with Gasteiger partial charge in [0.15, 0.2) is 0 Å². The second kappa shape index (κ2) is 8.62. The highest BCUT2D eigenvalue weighted by molar-refractivity contribution is 7.07. The summed E-state index contributed by atoms with van der Waals surface area (Å²) in [6.45, 7) is 2.48. The van der Waals surface area contributed by atoms with Gasteiger partial charge in [0.2, 0.25) is 5.91 Å². The van der Waals surface area contributed by atoms with E-state index in [1.807, 2.05) is 16.3 Å². The van der Waals surface area contributed by atoms with Crippen molar-refractivity contribution in [3.05, 3.63) is 46.4 Å². The number of ether oxygens (including phenoxy) is 1. The van der Waals surface area contributed by atoms with Crippen LogP contribution in [0.3, 0.4) is 0 Å². The topological polar surface area (TPSA) is 71.5 Å². The molecule has 1 aromatic carbocycles. The largest absolute Gasteiger partial charge is 0.487 e. The Bertz CT molecular complexity index is 718. The number of nitrogens with one attached hydrogen (secondary N) is 1. The normalized spacial score (nSPS) is 13.9. The Labute approximate surface area is 150 Å². The number of likely N-dealkylation sites (tertiary alicyclic amines) is 1. The van der Waals surface area contributed by atoms with Crippen LogP contribution in [0.4, 0.5) is 0 Å². The molecule has 7 heteroatoms. The van der Waals surface area contributed by atoms with Gasteiger partial charge in [0.05, 0.1) is 11.2 Å². The monoisotopic (exact) mass is 359 g/mol. The van der Waals surface area contributed by atoms with E-state index in [9.17, 15) is 9.59 Å². The van der Waals surface area contributed by atoms with Gasteiger partial charge in [-0.05, 0) is 31.0 Å². The molecule has 1 N–H and O–H groups in total. The second-order valence-corrected chi connectivity index (χ2v) is 6.61. The smallest absolute Gasteiger partial charge is 0.251 e. The lowest BCUT2D eigenvalue weighted by atomic mass is 10.2. The zero-order valence-corrected chi connectivity index (χ0v) is 14.8. The molecule has 1 aliphatic rings. The van der Waals surface area contributed by atoms with Crippen molar-refractivity contribution in [1.82, 2.24) is 15.2 Å². The van der Waals surface area contributed by atoms with Gasteiger partial charge in [-0.2, -0.15) is 0 Å². The summed E-state index contributed by atoms with van der Waals surface area (Å²) in [6.07, 6.45) is 2.36. The summed E-state index contributed by atoms with van der Waals surface area (Å²) in [5.41, 5.74) is 3.20. The van der Waals surface area contributed by atoms with Gasteiger partial charge in [-0.25, -0.2) is 4.98 Å². The number of aromatic nitrogens is 1. The first-order chi connectivity index (χ1) is 12.2. The molecule has 0 aliphatic carbocycles. The highest BCUT2D eigenvalue weighted by atomic mass is 32.1. The molecule has 1 fully saturated rings. The maximum atomic E-state index is 12.2. The number of carbonyl (C=O) groups excluding carboxylic acids is 2. The van der Waals surface area contributed by atoms with E-state index in [-0.39, 0.29) is 11.8 Å². The average molecular weight is 359 g/mol. The first-order valence-corrected chi connectivity index (χ1v) is 9.32. The Morgan fingerprint density at radius 1 is 1.40 bits per heavy atom. The summed E-state index contributed by atoms with van der Waals surface area (Å²) in [5.74, 6) is 0.728. The Morgan fingerprint density at radius 3 is 3.08 bits per heavy atom. The van der Waals surface area contributed by atoms with Crippen molar-refractivity contribution < 1.29 is 14.3 Å². The van der Waals surface area contributed by atoms with E-state index < -0.39 is 0 Å². The van der Waals surface area contributed by atoms with Crippen LogP contribution in [0.1, 0.15) is 35.3 Å². The fourth-order valence-corrected chi connectivity index (χ4v) is 3.25. The molecule has 25 heavy (non-hydrogen) atoms. The minimum Gasteiger partial charge on any atom is -0.487 e. The number of nitrogens with zero attached hydrogens (tertiary/aromatic N) is 2. The molecule has 0 saturated carbocycles. The highest BCUT2D eigenvalue weighted by Crippen LogP contribution is 2.15. The summed E-state index contributed by atoms with van der Waals surface area (Å²) in [5, 5.41) is 4.82. The summed E-state index contributed by atoms with van der Waals surface area (Å²) >= 11 is 1.52. The van der Waals surface area contributed by atoms with Gasteiger partial charge in [0.1, 0.15) is 12.4 Å². The van der Waals surface area contributed by atoms with Gasteiger partial charge in [-0.3, -0.25) is 9.59 Å². The van der Waals surface area contributed by atoms with Crippen LogP contribution in [0.2, 0.25) is 0 Å². The van der Waals surface area contributed by atoms with E-state index in [1.165, 1.54) is 11.3 Å². The Balaban J connectivity index is 1.43. The van der Waals surface area contributed by atoms with Crippen molar-refractivity contribution >= 4 is 23.2 Å². The van der Waals surface area contributed by atoms with Gasteiger partial charge >= 0.3 is 0 Å². The van der Waals surface area contributed by atoms with Crippen LogP contribution < -0.4 is 10.1 Å². The first-order valence-electron chi connectivity index (χ1n) is 8.38. The van der Waals surface area contributed by atoms with Crippen LogP contribution in [-0.2, 0) is 11.4 Å². The number of amides is 2. The summed E-state index contributed by atoms with van der Waals surface area (Å²) in [4.78, 5) is 29.8. The van der Waals surface area contributed by atoms with Gasteiger partial charge < -0.3 is 15.0 Å². The van der Waals surface area contributed by atoms with E-state index in [4.69, 9.17) is 4.74 Å². The highest BCUT2D eigenvalue weighted by Gasteiger charge is 2.19. The number of benzene rings is 1. The summed E-state index contributed by atoms with van der Waals surface area (Å²) < 4.78 is 5.67. The molecule has 6 nitrogen and oxygen atoms in total. The quantitative estimate of drug-likeness (QED) is 0.735. The predicted molar refractivity (Wildman–Crippen MR) is 95.7 cm³/mol. The lowest BCUT2D eigenvalue weighted by Gasteiger charge is -2.15. The predicted octanol–water partition coefficient (Wildman–Crippen LogP) is 2.46. The number of hydrogen-bond donors (Lipinski definition) is 1. The van der Waals surface area contributed by atoms with E-state index in [1.54, 1.807) is 23.7 Å². The molecule has 132 valence electrons. The maximum Gasteiger partial charge on any atom is 0.251 e. The van der Waals surface area contributed by atoms with Crippen LogP contribution in [0.5, 0.6) is 5.75 Å². The van der Waals surface area contributed by atoms with Crippen LogP contribution in [-0.4, -0.2) is 41.3 Å². The van der Waals surface area contributed by atoms with Gasteiger partial charge in [-0.15, -0.1) is 11.3 Å². The van der Waals surface area contributed by atoms with E-state index >= 15 is 0 Å². The zero-order chi connectivity index (χ0) is 17.5. The molecule has 0 bridgehead atoms. The molecule has 2 amide bonds. The van der Waals surface area contributed by atoms with Crippen LogP contribution in [0.25, 0.3) is 0 Å². The molecule has 2 aromatic rings. The molecule has 1 aliphatic heterocycles. The molecule has 0 atom stereocenters. The maximum absolute atomic E-state index is 12.2. The lowest BCUT2D eigenvalue weighted by molar-refractivity contribution is -0.127. The lowest BCUT2D eigenvalue weighted by Crippen LogP contribution is -2.30. The molecule has 1 saturated heterocycles. The standard InChI is InChI=1S/C18H21N3O3S/c22-17-6-2-8-21(17)9-3-7-19-18(23)14-4-1-5-16(10-14)24-11-15-12-25-13-20-15/h1,4-5,10,12-13H,2-3,6-9,11H2,(H,19,23). The molecule has 2 heterocycles. The average Bonchev–Trinajstić information content (AvgIpc) is 3.29. The molecule has 0 spiro atoms. The van der Waals surface area contributed by atoms with E-state index in [2.05, 4.69) is 10.3 Å². The van der Waals surface area contributed by atoms with Crippen molar-refractivity contribution in [2.75, 3.05) is 19.6 Å². The molecule has 0 radical (unpaired) electrons. The first kappa shape index (κ1) is 17.4. The van der Waals surface area contributed by atoms with E-state index in [0.717, 1.165) is 25.1 Å². The minimum absolute atomic E-state index is 0.133. The minimum atomic E-state index is -0.133. The molecular formula is C18H21N3O3S. The van der Waals surface area contributed by atoms with Crippen molar-refractivity contribution in [2.45, 2.75) is 25.9 Å². The summed E-state index contributed by atoms with van der Waals surface area (Å²) in [7, 11) is 0. The second-order valence-electron chi connectivity index (χ2n) is 5.89. The SMILES string of the molecule is O=C(NCCCN1CCCC1=O)c1cccc(OCc2cscn2)c1. The third-order valence-electron chi connectivity index (χ3n) is 4.03. The summed E-state index contributed by atoms with van der Waals surface area (Å²) in [6, 6.07) is 7.11. The van der Waals surface area contributed by atoms with Crippen LogP contribution in [0.15, 0.2) is 35.2 Å². The molecule has 0 unspecified atom stereocenters. The van der Waals surface area contributed by atoms with E-state index in [0.29, 0.717) is 37.4 Å². The fraction of sp³-hybridized carbons (Fsp3) is 0.389. The van der Waals surface area contributed by atoms with Crippen molar-refractivity contribution in [3.8, 4) is 5.75 Å². The Hall–Kier alpha value is -2.41. The third-order valence-corrected chi connectivity index (χ3v) is 4.66. The molecule has 1 aromatic heterocycles. The van der Waals surface area contributed by atoms with Gasteiger partial charge in [0.25, 0.3) is 5.91 Å².